The maximum Gasteiger partial charge on any atom is 0.276 e. The van der Waals surface area contributed by atoms with Gasteiger partial charge in [0, 0.05) is 16.1 Å². The smallest absolute Gasteiger partial charge is 0.276 e. The topological polar surface area (TPSA) is 79.5 Å². The van der Waals surface area contributed by atoms with Crippen LogP contribution in [0.5, 0.6) is 5.75 Å². The lowest BCUT2D eigenvalue weighted by atomic mass is 10.2. The van der Waals surface area contributed by atoms with Gasteiger partial charge in [-0.25, -0.2) is 0 Å². The molecule has 6 nitrogen and oxygen atoms in total. The van der Waals surface area contributed by atoms with Crippen LogP contribution >= 0.6 is 35.4 Å². The van der Waals surface area contributed by atoms with E-state index in [4.69, 9.17) is 40.2 Å². The zero-order valence-corrected chi connectivity index (χ0v) is 17.1. The lowest BCUT2D eigenvalue weighted by molar-refractivity contribution is -0.123. The van der Waals surface area contributed by atoms with E-state index in [0.717, 1.165) is 11.1 Å². The summed E-state index contributed by atoms with van der Waals surface area (Å²) >= 11 is 16.6. The molecule has 0 bridgehead atoms. The number of ether oxygens (including phenoxy) is 1. The highest BCUT2D eigenvalue weighted by atomic mass is 35.5. The monoisotopic (exact) mass is 437 g/mol. The number of amides is 2. The Kier molecular flexibility index (Phi) is 8.25. The van der Waals surface area contributed by atoms with Gasteiger partial charge >= 0.3 is 0 Å². The number of benzene rings is 2. The van der Waals surface area contributed by atoms with Gasteiger partial charge in [-0.2, -0.15) is 0 Å². The number of hydrogen-bond donors (Lipinski definition) is 3. The average Bonchev–Trinajstić information content (AvgIpc) is 2.65. The molecule has 3 N–H and O–H groups in total. The fourth-order valence-corrected chi connectivity index (χ4v) is 2.52. The van der Waals surface area contributed by atoms with E-state index in [1.54, 1.807) is 48.5 Å². The van der Waals surface area contributed by atoms with Crippen LogP contribution in [0.25, 0.3) is 6.08 Å². The number of halogens is 2. The second-order valence-corrected chi connectivity index (χ2v) is 6.86. The second kappa shape index (κ2) is 10.7. The lowest BCUT2D eigenvalue weighted by Crippen LogP contribution is -2.49. The Hall–Kier alpha value is -2.61. The predicted molar refractivity (Wildman–Crippen MR) is 114 cm³/mol. The molecule has 0 aromatic heterocycles. The van der Waals surface area contributed by atoms with E-state index in [1.165, 1.54) is 6.08 Å². The van der Waals surface area contributed by atoms with Crippen molar-refractivity contribution in [3.05, 3.63) is 69.7 Å². The summed E-state index contributed by atoms with van der Waals surface area (Å²) in [6.45, 7) is 1.59. The van der Waals surface area contributed by atoms with Crippen LogP contribution in [-0.2, 0) is 9.59 Å². The third kappa shape index (κ3) is 7.56. The van der Waals surface area contributed by atoms with Crippen LogP contribution in [0.2, 0.25) is 10.0 Å². The quantitative estimate of drug-likeness (QED) is 0.379. The highest BCUT2D eigenvalue weighted by molar-refractivity contribution is 7.80. The van der Waals surface area contributed by atoms with Crippen molar-refractivity contribution in [2.45, 2.75) is 6.92 Å². The van der Waals surface area contributed by atoms with Crippen LogP contribution in [0.1, 0.15) is 11.1 Å². The van der Waals surface area contributed by atoms with Crippen LogP contribution in [-0.4, -0.2) is 23.5 Å². The summed E-state index contributed by atoms with van der Waals surface area (Å²) in [5.41, 5.74) is 6.38. The molecule has 146 valence electrons. The molecule has 0 radical (unpaired) electrons. The molecule has 0 fully saturated rings. The molecule has 0 unspecified atom stereocenters. The first-order valence-electron chi connectivity index (χ1n) is 8.06. The molecule has 0 heterocycles. The van der Waals surface area contributed by atoms with Crippen LogP contribution in [0.15, 0.2) is 48.5 Å². The fourth-order valence-electron chi connectivity index (χ4n) is 2.01. The summed E-state index contributed by atoms with van der Waals surface area (Å²) in [6.07, 6.45) is 2.92. The Morgan fingerprint density at radius 2 is 1.75 bits per heavy atom. The maximum atomic E-state index is 11.8. The Bertz CT molecular complexity index is 902. The van der Waals surface area contributed by atoms with E-state index in [0.29, 0.717) is 15.8 Å². The summed E-state index contributed by atoms with van der Waals surface area (Å²) in [6, 6.07) is 12.0. The molecule has 2 rings (SSSR count). The highest BCUT2D eigenvalue weighted by Crippen LogP contribution is 2.21. The van der Waals surface area contributed by atoms with Crippen LogP contribution in [0, 0.1) is 6.92 Å². The second-order valence-electron chi connectivity index (χ2n) is 5.57. The van der Waals surface area contributed by atoms with E-state index in [-0.39, 0.29) is 11.7 Å². The van der Waals surface area contributed by atoms with Crippen LogP contribution < -0.4 is 20.9 Å². The number of carbonyl (C=O) groups excluding carboxylic acids is 2. The van der Waals surface area contributed by atoms with E-state index < -0.39 is 11.8 Å². The molecule has 0 saturated heterocycles. The summed E-state index contributed by atoms with van der Waals surface area (Å²) in [5.74, 6) is -0.375. The van der Waals surface area contributed by atoms with Gasteiger partial charge in [0.05, 0.1) is 0 Å². The van der Waals surface area contributed by atoms with Crippen molar-refractivity contribution < 1.29 is 14.3 Å². The SMILES string of the molecule is Cc1cc(Cl)ccc1OCC(=O)NNC(=S)NC(=O)/C=C/c1ccc(Cl)cc1. The van der Waals surface area contributed by atoms with Gasteiger partial charge < -0.3 is 4.74 Å². The van der Waals surface area contributed by atoms with E-state index >= 15 is 0 Å². The molecular formula is C19H17Cl2N3O3S. The normalized spacial score (nSPS) is 10.4. The molecule has 2 amide bonds. The highest BCUT2D eigenvalue weighted by Gasteiger charge is 2.07. The fraction of sp³-hybridized carbons (Fsp3) is 0.105. The van der Waals surface area contributed by atoms with Crippen molar-refractivity contribution in [2.75, 3.05) is 6.61 Å². The molecule has 0 spiro atoms. The van der Waals surface area contributed by atoms with Crippen LogP contribution in [0.3, 0.4) is 0 Å². The molecule has 2 aromatic carbocycles. The molecule has 9 heteroatoms. The first kappa shape index (κ1) is 21.7. The number of thiocarbonyl (C=S) groups is 1. The first-order valence-corrected chi connectivity index (χ1v) is 9.22. The largest absolute Gasteiger partial charge is 0.483 e. The maximum absolute atomic E-state index is 11.8. The zero-order chi connectivity index (χ0) is 20.5. The minimum absolute atomic E-state index is 0.0539. The molecule has 0 aliphatic heterocycles. The van der Waals surface area contributed by atoms with Crippen molar-refractivity contribution in [1.82, 2.24) is 16.2 Å². The summed E-state index contributed by atoms with van der Waals surface area (Å²) in [5, 5.41) is 3.54. The minimum Gasteiger partial charge on any atom is -0.483 e. The van der Waals surface area contributed by atoms with Crippen molar-refractivity contribution >= 4 is 58.4 Å². The van der Waals surface area contributed by atoms with Gasteiger partial charge in [0.2, 0.25) is 5.91 Å². The van der Waals surface area contributed by atoms with Gasteiger partial charge in [0.15, 0.2) is 11.7 Å². The van der Waals surface area contributed by atoms with Gasteiger partial charge in [-0.1, -0.05) is 35.3 Å². The Morgan fingerprint density at radius 1 is 1.07 bits per heavy atom. The number of carbonyl (C=O) groups is 2. The Labute approximate surface area is 177 Å². The van der Waals surface area contributed by atoms with E-state index in [2.05, 4.69) is 16.2 Å². The van der Waals surface area contributed by atoms with Gasteiger partial charge in [0.25, 0.3) is 5.91 Å². The zero-order valence-electron chi connectivity index (χ0n) is 14.8. The van der Waals surface area contributed by atoms with Gasteiger partial charge in [-0.3, -0.25) is 25.8 Å². The lowest BCUT2D eigenvalue weighted by Gasteiger charge is -2.11. The molecule has 0 aliphatic rings. The summed E-state index contributed by atoms with van der Waals surface area (Å²) < 4.78 is 5.40. The van der Waals surface area contributed by atoms with Gasteiger partial charge in [-0.15, -0.1) is 0 Å². The molecule has 0 atom stereocenters. The molecule has 28 heavy (non-hydrogen) atoms. The van der Waals surface area contributed by atoms with Crippen molar-refractivity contribution in [1.29, 1.82) is 0 Å². The molecule has 0 aliphatic carbocycles. The number of hydrogen-bond acceptors (Lipinski definition) is 4. The summed E-state index contributed by atoms with van der Waals surface area (Å²) in [7, 11) is 0. The van der Waals surface area contributed by atoms with Gasteiger partial charge in [-0.05, 0) is 66.7 Å². The minimum atomic E-state index is -0.470. The van der Waals surface area contributed by atoms with Crippen LogP contribution in [0.4, 0.5) is 0 Å². The van der Waals surface area contributed by atoms with E-state index in [1.807, 2.05) is 6.92 Å². The average molecular weight is 438 g/mol. The molecular weight excluding hydrogens is 421 g/mol. The Morgan fingerprint density at radius 3 is 2.43 bits per heavy atom. The first-order chi connectivity index (χ1) is 13.3. The third-order valence-corrected chi connectivity index (χ3v) is 4.04. The summed E-state index contributed by atoms with van der Waals surface area (Å²) in [4.78, 5) is 23.6. The number of hydrazine groups is 1. The number of rotatable bonds is 5. The third-order valence-electron chi connectivity index (χ3n) is 3.35. The van der Waals surface area contributed by atoms with Gasteiger partial charge in [0.1, 0.15) is 5.75 Å². The predicted octanol–water partition coefficient (Wildman–Crippen LogP) is 3.42. The van der Waals surface area contributed by atoms with Crippen molar-refractivity contribution in [3.8, 4) is 5.75 Å². The number of nitrogens with one attached hydrogen (secondary N) is 3. The molecule has 2 aromatic rings. The Balaban J connectivity index is 1.71. The van der Waals surface area contributed by atoms with Crippen molar-refractivity contribution in [3.63, 3.8) is 0 Å². The molecule has 0 saturated carbocycles. The van der Waals surface area contributed by atoms with E-state index in [9.17, 15) is 9.59 Å². The van der Waals surface area contributed by atoms with Crippen molar-refractivity contribution in [2.24, 2.45) is 0 Å². The standard InChI is InChI=1S/C19H17Cl2N3O3S/c1-12-10-15(21)7-8-16(12)27-11-18(26)23-24-19(28)22-17(25)9-4-13-2-5-14(20)6-3-13/h2-10H,11H2,1H3,(H,23,26)(H2,22,24,25,28)/b9-4+. The number of aryl methyl sites for hydroxylation is 1.